The first-order valence-electron chi connectivity index (χ1n) is 24.7. The van der Waals surface area contributed by atoms with E-state index in [1.165, 1.54) is 199 Å². The van der Waals surface area contributed by atoms with Crippen molar-refractivity contribution in [1.29, 1.82) is 0 Å². The summed E-state index contributed by atoms with van der Waals surface area (Å²) in [6.45, 7) is 4.23. The van der Waals surface area contributed by atoms with Gasteiger partial charge < -0.3 is 21.1 Å². The van der Waals surface area contributed by atoms with E-state index in [9.17, 15) is 19.4 Å². The molecule has 5 N–H and O–H groups in total. The summed E-state index contributed by atoms with van der Waals surface area (Å²) >= 11 is 0. The van der Waals surface area contributed by atoms with Gasteiger partial charge in [-0.25, -0.2) is 4.57 Å². The van der Waals surface area contributed by atoms with Crippen LogP contribution in [0.2, 0.25) is 0 Å². The Morgan fingerprint density at radius 2 is 0.821 bits per heavy atom. The molecule has 0 fully saturated rings. The molecular weight excluding hydrogens is 719 g/mol. The van der Waals surface area contributed by atoms with Crippen molar-refractivity contribution in [1.82, 2.24) is 5.32 Å². The van der Waals surface area contributed by atoms with Crippen LogP contribution in [-0.4, -0.2) is 47.8 Å². The number of unbranched alkanes of at least 4 members (excludes halogenated alkanes) is 35. The molecule has 0 rings (SSSR count). The highest BCUT2D eigenvalue weighted by Gasteiger charge is 2.27. The van der Waals surface area contributed by atoms with Crippen molar-refractivity contribution < 1.29 is 28.4 Å². The number of aliphatic hydroxyl groups is 1. The molecule has 0 saturated heterocycles. The van der Waals surface area contributed by atoms with Crippen LogP contribution in [0.15, 0.2) is 0 Å². The first-order chi connectivity index (χ1) is 27.4. The number of aliphatic hydroxyl groups excluding tert-OH is 1. The minimum absolute atomic E-state index is 0.0924. The number of hydrogen-bond acceptors (Lipinski definition) is 6. The molecule has 0 saturated carbocycles. The monoisotopic (exact) mass is 817 g/mol. The van der Waals surface area contributed by atoms with Gasteiger partial charge in [0.25, 0.3) is 0 Å². The van der Waals surface area contributed by atoms with Crippen LogP contribution in [0, 0.1) is 0 Å². The van der Waals surface area contributed by atoms with Crippen molar-refractivity contribution in [3.05, 3.63) is 0 Å². The van der Waals surface area contributed by atoms with Gasteiger partial charge in [-0.2, -0.15) is 0 Å². The molecule has 8 nitrogen and oxygen atoms in total. The Morgan fingerprint density at radius 3 is 1.14 bits per heavy atom. The van der Waals surface area contributed by atoms with Crippen LogP contribution in [0.1, 0.15) is 264 Å². The van der Waals surface area contributed by atoms with Crippen LogP contribution < -0.4 is 11.1 Å². The number of amides is 1. The molecule has 56 heavy (non-hydrogen) atoms. The van der Waals surface area contributed by atoms with E-state index < -0.39 is 20.0 Å². The van der Waals surface area contributed by atoms with Crippen molar-refractivity contribution in [3.8, 4) is 0 Å². The molecule has 1 unspecified atom stereocenters. The van der Waals surface area contributed by atoms with E-state index in [1.807, 2.05) is 0 Å². The Kier molecular flexibility index (Phi) is 43.7. The fourth-order valence-electron chi connectivity index (χ4n) is 7.73. The van der Waals surface area contributed by atoms with Crippen molar-refractivity contribution in [2.75, 3.05) is 19.8 Å². The van der Waals surface area contributed by atoms with Gasteiger partial charge in [-0.3, -0.25) is 13.8 Å². The fraction of sp³-hybridized carbons (Fsp3) is 0.979. The van der Waals surface area contributed by atoms with Gasteiger partial charge in [-0.15, -0.1) is 0 Å². The fourth-order valence-corrected chi connectivity index (χ4v) is 8.49. The molecule has 0 bridgehead atoms. The van der Waals surface area contributed by atoms with Crippen LogP contribution in [-0.2, 0) is 18.4 Å². The van der Waals surface area contributed by atoms with Crippen molar-refractivity contribution in [3.63, 3.8) is 0 Å². The first-order valence-corrected chi connectivity index (χ1v) is 26.1. The van der Waals surface area contributed by atoms with Crippen LogP contribution in [0.4, 0.5) is 0 Å². The molecule has 0 heterocycles. The summed E-state index contributed by atoms with van der Waals surface area (Å²) in [5.41, 5.74) is 5.38. The van der Waals surface area contributed by atoms with Gasteiger partial charge in [0, 0.05) is 13.0 Å². The summed E-state index contributed by atoms with van der Waals surface area (Å²) in [5, 5.41) is 13.8. The summed E-state index contributed by atoms with van der Waals surface area (Å²) in [6, 6.07) is -0.767. The zero-order valence-corrected chi connectivity index (χ0v) is 38.3. The average Bonchev–Trinajstić information content (AvgIpc) is 3.19. The molecule has 9 heteroatoms. The van der Waals surface area contributed by atoms with Crippen molar-refractivity contribution in [2.24, 2.45) is 5.73 Å². The molecular formula is C47H97N2O6P. The Labute approximate surface area is 348 Å². The normalized spacial score (nSPS) is 13.9. The van der Waals surface area contributed by atoms with Crippen LogP contribution in [0.5, 0.6) is 0 Å². The molecule has 3 atom stereocenters. The number of phosphoric acid groups is 1. The number of phosphoric ester groups is 1. The lowest BCUT2D eigenvalue weighted by Gasteiger charge is -2.25. The van der Waals surface area contributed by atoms with Gasteiger partial charge in [0.1, 0.15) is 0 Å². The summed E-state index contributed by atoms with van der Waals surface area (Å²) in [6.07, 6.45) is 48.6. The molecule has 0 aliphatic rings. The second-order valence-corrected chi connectivity index (χ2v) is 18.5. The van der Waals surface area contributed by atoms with E-state index in [2.05, 4.69) is 19.2 Å². The summed E-state index contributed by atoms with van der Waals surface area (Å²) in [7, 11) is -4.31. The molecule has 1 amide bonds. The van der Waals surface area contributed by atoms with E-state index >= 15 is 0 Å². The highest BCUT2D eigenvalue weighted by Crippen LogP contribution is 2.43. The third-order valence-corrected chi connectivity index (χ3v) is 12.4. The second kappa shape index (κ2) is 44.1. The predicted octanol–water partition coefficient (Wildman–Crippen LogP) is 14.2. The van der Waals surface area contributed by atoms with Gasteiger partial charge in [-0.1, -0.05) is 245 Å². The lowest BCUT2D eigenvalue weighted by atomic mass is 10.0. The summed E-state index contributed by atoms with van der Waals surface area (Å²) < 4.78 is 22.2. The molecule has 0 aliphatic carbocycles. The Morgan fingerprint density at radius 1 is 0.518 bits per heavy atom. The lowest BCUT2D eigenvalue weighted by Crippen LogP contribution is -2.46. The van der Waals surface area contributed by atoms with E-state index in [0.717, 1.165) is 38.5 Å². The van der Waals surface area contributed by atoms with Gasteiger partial charge in [-0.05, 0) is 12.8 Å². The standard InChI is InChI=1S/C47H97N2O6P/c1-3-5-7-9-11-13-15-16-17-18-19-20-21-22-23-24-25-26-27-28-29-30-31-33-35-37-39-41-47(51)49-45(44-55-56(52,53)54-43-42-48)46(50)40-38-36-34-32-14-12-10-8-6-4-2/h45-46,50H,3-44,48H2,1-2H3,(H,49,51)(H,52,53)/t45-,46+/m0/s1. The molecule has 336 valence electrons. The topological polar surface area (TPSA) is 131 Å². The minimum atomic E-state index is -4.31. The van der Waals surface area contributed by atoms with E-state index in [0.29, 0.717) is 12.8 Å². The molecule has 0 aliphatic heterocycles. The zero-order valence-electron chi connectivity index (χ0n) is 37.4. The molecule has 0 spiro atoms. The van der Waals surface area contributed by atoms with Gasteiger partial charge >= 0.3 is 7.82 Å². The number of hydrogen-bond donors (Lipinski definition) is 4. The van der Waals surface area contributed by atoms with Crippen LogP contribution in [0.25, 0.3) is 0 Å². The lowest BCUT2D eigenvalue weighted by molar-refractivity contribution is -0.123. The average molecular weight is 817 g/mol. The van der Waals surface area contributed by atoms with Crippen molar-refractivity contribution in [2.45, 2.75) is 276 Å². The number of nitrogens with one attached hydrogen (secondary N) is 1. The van der Waals surface area contributed by atoms with Gasteiger partial charge in [0.05, 0.1) is 25.4 Å². The number of carbonyl (C=O) groups excluding carboxylic acids is 1. The first kappa shape index (κ1) is 55.5. The maximum Gasteiger partial charge on any atom is 0.472 e. The Bertz CT molecular complexity index is 849. The molecule has 0 aromatic rings. The smallest absolute Gasteiger partial charge is 0.391 e. The van der Waals surface area contributed by atoms with E-state index in [4.69, 9.17) is 14.8 Å². The van der Waals surface area contributed by atoms with E-state index in [-0.39, 0.29) is 25.7 Å². The number of nitrogens with two attached hydrogens (primary N) is 1. The maximum atomic E-state index is 12.8. The highest BCUT2D eigenvalue weighted by molar-refractivity contribution is 7.47. The highest BCUT2D eigenvalue weighted by atomic mass is 31.2. The predicted molar refractivity (Wildman–Crippen MR) is 240 cm³/mol. The zero-order chi connectivity index (χ0) is 41.1. The van der Waals surface area contributed by atoms with Crippen molar-refractivity contribution >= 4 is 13.7 Å². The second-order valence-electron chi connectivity index (χ2n) is 17.0. The molecule has 0 aromatic carbocycles. The van der Waals surface area contributed by atoms with Crippen LogP contribution >= 0.6 is 7.82 Å². The number of rotatable bonds is 47. The Balaban J connectivity index is 3.84. The number of carbonyl (C=O) groups is 1. The quantitative estimate of drug-likeness (QED) is 0.0355. The summed E-state index contributed by atoms with van der Waals surface area (Å²) in [5.74, 6) is -0.157. The minimum Gasteiger partial charge on any atom is -0.391 e. The van der Waals surface area contributed by atoms with Gasteiger partial charge in [0.15, 0.2) is 0 Å². The maximum absolute atomic E-state index is 12.8. The molecule has 0 aromatic heterocycles. The Hall–Kier alpha value is -0.500. The third-order valence-electron chi connectivity index (χ3n) is 11.5. The van der Waals surface area contributed by atoms with Crippen LogP contribution in [0.3, 0.4) is 0 Å². The molecule has 0 radical (unpaired) electrons. The van der Waals surface area contributed by atoms with Gasteiger partial charge in [0.2, 0.25) is 5.91 Å². The third kappa shape index (κ3) is 41.7. The SMILES string of the molecule is CCCCCCCCCCCCCCCCCCCCCCCCCCCCCC(=O)N[C@@H](COP(=O)(O)OCCN)[C@H](O)CCCCCCCCCCCC. The largest absolute Gasteiger partial charge is 0.472 e. The summed E-state index contributed by atoms with van der Waals surface area (Å²) in [4.78, 5) is 22.7. The van der Waals surface area contributed by atoms with E-state index in [1.54, 1.807) is 0 Å².